The van der Waals surface area contributed by atoms with Gasteiger partial charge in [0, 0.05) is 30.5 Å². The second-order valence-corrected chi connectivity index (χ2v) is 13.4. The van der Waals surface area contributed by atoms with Crippen molar-refractivity contribution in [2.45, 2.75) is 95.0 Å². The number of amides is 1. The quantitative estimate of drug-likeness (QED) is 0.499. The molecule has 5 rings (SSSR count). The van der Waals surface area contributed by atoms with E-state index in [1.54, 1.807) is 0 Å². The van der Waals surface area contributed by atoms with Gasteiger partial charge in [-0.3, -0.25) is 4.79 Å². The van der Waals surface area contributed by atoms with Gasteiger partial charge in [0.2, 0.25) is 5.91 Å². The Morgan fingerprint density at radius 3 is 2.53 bits per heavy atom. The molecule has 3 aliphatic carbocycles. The lowest BCUT2D eigenvalue weighted by atomic mass is 9.57. The summed E-state index contributed by atoms with van der Waals surface area (Å²) in [5.41, 5.74) is 6.30. The summed E-state index contributed by atoms with van der Waals surface area (Å²) in [6.07, 6.45) is 13.1. The molecule has 0 aromatic rings. The molecule has 2 saturated heterocycles. The second-order valence-electron chi connectivity index (χ2n) is 13.4. The van der Waals surface area contributed by atoms with Gasteiger partial charge in [0.1, 0.15) is 0 Å². The van der Waals surface area contributed by atoms with Crippen molar-refractivity contribution in [2.24, 2.45) is 40.7 Å². The van der Waals surface area contributed by atoms with Gasteiger partial charge >= 0.3 is 7.12 Å². The van der Waals surface area contributed by atoms with Crippen LogP contribution in [0.25, 0.3) is 0 Å². The Morgan fingerprint density at radius 2 is 1.83 bits per heavy atom. The van der Waals surface area contributed by atoms with E-state index in [0.29, 0.717) is 41.7 Å². The molecular formula is C28H50BN3O4. The Balaban J connectivity index is 1.19. The van der Waals surface area contributed by atoms with Crippen molar-refractivity contribution in [1.82, 2.24) is 9.80 Å². The Hall–Kier alpha value is -0.665. The summed E-state index contributed by atoms with van der Waals surface area (Å²) in [6, 6.07) is 0.469. The average Bonchev–Trinajstić information content (AvgIpc) is 3.25. The fourth-order valence-corrected chi connectivity index (χ4v) is 9.10. The minimum Gasteiger partial charge on any atom is -0.427 e. The van der Waals surface area contributed by atoms with Crippen LogP contribution in [0, 0.1) is 35.0 Å². The normalized spacial score (nSPS) is 40.9. The summed E-state index contributed by atoms with van der Waals surface area (Å²) in [7, 11) is 3.09. The van der Waals surface area contributed by atoms with Crippen LogP contribution >= 0.6 is 0 Å². The molecule has 0 aromatic heterocycles. The summed E-state index contributed by atoms with van der Waals surface area (Å²) in [5.74, 6) is 2.68. The van der Waals surface area contributed by atoms with E-state index >= 15 is 0 Å². The van der Waals surface area contributed by atoms with E-state index < -0.39 is 7.12 Å². The van der Waals surface area contributed by atoms with Crippen molar-refractivity contribution in [3.8, 4) is 0 Å². The molecule has 8 heteroatoms. The average molecular weight is 504 g/mol. The van der Waals surface area contributed by atoms with Gasteiger partial charge < -0.3 is 30.3 Å². The van der Waals surface area contributed by atoms with Crippen LogP contribution in [0.15, 0.2) is 0 Å². The van der Waals surface area contributed by atoms with Crippen LogP contribution in [0.4, 0.5) is 0 Å². The molecule has 0 aromatic carbocycles. The minimum atomic E-state index is -1.22. The van der Waals surface area contributed by atoms with Gasteiger partial charge in [-0.1, -0.05) is 19.3 Å². The van der Waals surface area contributed by atoms with Crippen molar-refractivity contribution in [3.63, 3.8) is 0 Å². The summed E-state index contributed by atoms with van der Waals surface area (Å²) < 4.78 is 6.31. The number of carbonyl (C=O) groups excluding carboxylic acids is 1. The van der Waals surface area contributed by atoms with Crippen LogP contribution in [-0.2, 0) is 9.53 Å². The van der Waals surface area contributed by atoms with Crippen molar-refractivity contribution in [2.75, 3.05) is 40.3 Å². The fraction of sp³-hybridized carbons (Fsp3) is 0.964. The van der Waals surface area contributed by atoms with E-state index in [4.69, 9.17) is 10.5 Å². The molecule has 0 radical (unpaired) electrons. The summed E-state index contributed by atoms with van der Waals surface area (Å²) >= 11 is 0. The number of rotatable bonds is 5. The van der Waals surface area contributed by atoms with E-state index in [1.165, 1.54) is 19.3 Å². The van der Waals surface area contributed by atoms with Crippen molar-refractivity contribution < 1.29 is 19.6 Å². The van der Waals surface area contributed by atoms with Gasteiger partial charge in [-0.2, -0.15) is 0 Å². The number of fused-ring (bicyclic) bond motifs is 2. The van der Waals surface area contributed by atoms with Gasteiger partial charge in [-0.05, 0) is 108 Å². The molecule has 3 saturated carbocycles. The number of nitrogens with zero attached hydrogens (tertiary/aromatic N) is 2. The molecule has 2 heterocycles. The highest BCUT2D eigenvalue weighted by Gasteiger charge is 2.53. The van der Waals surface area contributed by atoms with E-state index in [2.05, 4.69) is 23.9 Å². The van der Waals surface area contributed by atoms with Gasteiger partial charge in [0.15, 0.2) is 0 Å². The molecule has 1 spiro atoms. The smallest absolute Gasteiger partial charge is 0.427 e. The molecule has 2 aliphatic heterocycles. The lowest BCUT2D eigenvalue weighted by Gasteiger charge is -2.47. The minimum absolute atomic E-state index is 0.0309. The van der Waals surface area contributed by atoms with Crippen molar-refractivity contribution >= 4 is 13.0 Å². The summed E-state index contributed by atoms with van der Waals surface area (Å²) in [5, 5.41) is 19.8. The Kier molecular flexibility index (Phi) is 8.38. The molecule has 8 unspecified atom stereocenters. The molecule has 1 amide bonds. The summed E-state index contributed by atoms with van der Waals surface area (Å²) in [4.78, 5) is 18.3. The zero-order valence-electron chi connectivity index (χ0n) is 22.7. The standard InChI is InChI=1S/C28H50BN3O4/c1-31(2)25-8-7-22(29(34)35)16-23(25)20-4-3-5-21(15-20)27(33)32-12-10-28(11-13-32)18-36-26-9-6-19(17-30)14-24(26)28/h19-26,34-35H,3-18,30H2,1-2H3. The Labute approximate surface area is 218 Å². The predicted molar refractivity (Wildman–Crippen MR) is 142 cm³/mol. The number of nitrogens with two attached hydrogens (primary N) is 1. The fourth-order valence-electron chi connectivity index (χ4n) is 9.10. The largest absolute Gasteiger partial charge is 0.454 e. The maximum absolute atomic E-state index is 13.7. The monoisotopic (exact) mass is 503 g/mol. The van der Waals surface area contributed by atoms with Crippen LogP contribution < -0.4 is 5.73 Å². The van der Waals surface area contributed by atoms with Crippen molar-refractivity contribution in [1.29, 1.82) is 0 Å². The number of piperidine rings is 1. The highest BCUT2D eigenvalue weighted by Crippen LogP contribution is 2.53. The van der Waals surface area contributed by atoms with Gasteiger partial charge in [-0.15, -0.1) is 0 Å². The van der Waals surface area contributed by atoms with Crippen molar-refractivity contribution in [3.05, 3.63) is 0 Å². The van der Waals surface area contributed by atoms with E-state index in [-0.39, 0.29) is 17.2 Å². The van der Waals surface area contributed by atoms with Gasteiger partial charge in [0.05, 0.1) is 12.7 Å². The molecule has 36 heavy (non-hydrogen) atoms. The number of hydrogen-bond acceptors (Lipinski definition) is 6. The molecule has 0 bridgehead atoms. The third kappa shape index (κ3) is 5.27. The highest BCUT2D eigenvalue weighted by atomic mass is 16.5. The maximum atomic E-state index is 13.7. The molecule has 4 N–H and O–H groups in total. The molecule has 8 atom stereocenters. The van der Waals surface area contributed by atoms with E-state index in [0.717, 1.165) is 84.0 Å². The Morgan fingerprint density at radius 1 is 1.06 bits per heavy atom. The molecular weight excluding hydrogens is 453 g/mol. The second kappa shape index (κ2) is 11.2. The van der Waals surface area contributed by atoms with E-state index in [9.17, 15) is 14.8 Å². The zero-order valence-corrected chi connectivity index (χ0v) is 22.7. The predicted octanol–water partition coefficient (Wildman–Crippen LogP) is 2.75. The zero-order chi connectivity index (χ0) is 25.4. The third-order valence-electron chi connectivity index (χ3n) is 11.3. The van der Waals surface area contributed by atoms with E-state index in [1.807, 2.05) is 0 Å². The van der Waals surface area contributed by atoms with Crippen LogP contribution in [-0.4, -0.2) is 85.4 Å². The van der Waals surface area contributed by atoms with Crippen LogP contribution in [0.3, 0.4) is 0 Å². The number of likely N-dealkylation sites (tertiary alicyclic amines) is 1. The SMILES string of the molecule is CN(C)C1CCC(B(O)O)CC1C1CCCC(C(=O)N2CCC3(CC2)COC2CCC(CN)CC23)C1. The molecule has 7 nitrogen and oxygen atoms in total. The first-order valence-electron chi connectivity index (χ1n) is 14.9. The molecule has 5 aliphatic rings. The first kappa shape index (κ1) is 26.9. The highest BCUT2D eigenvalue weighted by molar-refractivity contribution is 6.43. The van der Waals surface area contributed by atoms with Crippen LogP contribution in [0.2, 0.25) is 5.82 Å². The Bertz CT molecular complexity index is 759. The first-order valence-corrected chi connectivity index (χ1v) is 14.9. The number of carbonyl (C=O) groups is 1. The van der Waals surface area contributed by atoms with Gasteiger partial charge in [0.25, 0.3) is 0 Å². The maximum Gasteiger partial charge on any atom is 0.454 e. The molecule has 204 valence electrons. The topological polar surface area (TPSA) is 99.3 Å². The van der Waals surface area contributed by atoms with Crippen LogP contribution in [0.5, 0.6) is 0 Å². The number of ether oxygens (including phenoxy) is 1. The first-order chi connectivity index (χ1) is 17.3. The molecule has 5 fully saturated rings. The summed E-state index contributed by atoms with van der Waals surface area (Å²) in [6.45, 7) is 3.42. The van der Waals surface area contributed by atoms with Crippen LogP contribution in [0.1, 0.15) is 77.0 Å². The lowest BCUT2D eigenvalue weighted by Crippen LogP contribution is -2.50. The van der Waals surface area contributed by atoms with Gasteiger partial charge in [-0.25, -0.2) is 0 Å². The lowest BCUT2D eigenvalue weighted by molar-refractivity contribution is -0.140. The third-order valence-corrected chi connectivity index (χ3v) is 11.3. The number of hydrogen-bond donors (Lipinski definition) is 3.